The highest BCUT2D eigenvalue weighted by Gasteiger charge is 2.31. The van der Waals surface area contributed by atoms with Gasteiger partial charge in [0.05, 0.1) is 18.1 Å². The van der Waals surface area contributed by atoms with Gasteiger partial charge in [0.25, 0.3) is 0 Å². The smallest absolute Gasteiger partial charge is 0.226 e. The molecule has 1 amide bonds. The number of anilines is 2. The summed E-state index contributed by atoms with van der Waals surface area (Å²) in [5.41, 5.74) is 1.10. The summed E-state index contributed by atoms with van der Waals surface area (Å²) < 4.78 is 5.39. The molecule has 4 rings (SSSR count). The number of fused-ring (bicyclic) bond motifs is 1. The summed E-state index contributed by atoms with van der Waals surface area (Å²) in [5.74, 6) is 0.757. The number of morpholine rings is 1. The summed E-state index contributed by atoms with van der Waals surface area (Å²) in [6, 6.07) is 7.72. The number of benzene rings is 1. The summed E-state index contributed by atoms with van der Waals surface area (Å²) in [6.07, 6.45) is 0.444. The lowest BCUT2D eigenvalue weighted by atomic mass is 9.92. The number of rotatable bonds is 2. The molecule has 1 saturated heterocycles. The van der Waals surface area contributed by atoms with Crippen molar-refractivity contribution in [3.05, 3.63) is 39.7 Å². The second-order valence-corrected chi connectivity index (χ2v) is 7.11. The van der Waals surface area contributed by atoms with Crippen molar-refractivity contribution in [3.63, 3.8) is 0 Å². The Hall–Kier alpha value is -1.63. The normalized spacial score (nSPS) is 21.0. The van der Waals surface area contributed by atoms with Crippen LogP contribution in [0, 0.1) is 0 Å². The van der Waals surface area contributed by atoms with Crippen molar-refractivity contribution in [2.75, 3.05) is 36.5 Å². The van der Waals surface area contributed by atoms with E-state index in [1.165, 1.54) is 0 Å². The van der Waals surface area contributed by atoms with Crippen LogP contribution in [-0.4, -0.2) is 37.2 Å². The van der Waals surface area contributed by atoms with E-state index >= 15 is 0 Å². The average Bonchev–Trinajstić information content (AvgIpc) is 2.99. The number of ether oxygens (including phenoxy) is 1. The SMILES string of the molecule is O=C1CC(c2ccc(Cl)cc2)c2sc(N3CCOCC3)nc2N1. The minimum atomic E-state index is 0.0104. The summed E-state index contributed by atoms with van der Waals surface area (Å²) >= 11 is 7.64. The standard InChI is InChI=1S/C16H16ClN3O2S/c17-11-3-1-10(2-4-11)12-9-13(21)18-15-14(12)23-16(19-15)20-5-7-22-8-6-20/h1-4,12H,5-9H2,(H,18,21). The third-order valence-corrected chi connectivity index (χ3v) is 5.64. The third-order valence-electron chi connectivity index (χ3n) is 4.16. The lowest BCUT2D eigenvalue weighted by Gasteiger charge is -2.26. The molecule has 2 aliphatic heterocycles. The van der Waals surface area contributed by atoms with E-state index in [1.54, 1.807) is 11.3 Å². The van der Waals surface area contributed by atoms with Crippen LogP contribution in [0.25, 0.3) is 0 Å². The van der Waals surface area contributed by atoms with Gasteiger partial charge in [-0.05, 0) is 17.7 Å². The van der Waals surface area contributed by atoms with Gasteiger partial charge in [-0.15, -0.1) is 0 Å². The van der Waals surface area contributed by atoms with Crippen LogP contribution in [0.1, 0.15) is 22.8 Å². The number of hydrogen-bond donors (Lipinski definition) is 1. The van der Waals surface area contributed by atoms with E-state index < -0.39 is 0 Å². The van der Waals surface area contributed by atoms with Crippen LogP contribution >= 0.6 is 22.9 Å². The summed E-state index contributed by atoms with van der Waals surface area (Å²) in [6.45, 7) is 3.12. The zero-order chi connectivity index (χ0) is 15.8. The molecule has 120 valence electrons. The minimum absolute atomic E-state index is 0.0104. The molecular formula is C16H16ClN3O2S. The number of thiazole rings is 1. The summed E-state index contributed by atoms with van der Waals surface area (Å²) in [5, 5.41) is 4.57. The molecule has 1 aromatic heterocycles. The summed E-state index contributed by atoms with van der Waals surface area (Å²) in [4.78, 5) is 20.0. The maximum atomic E-state index is 12.1. The van der Waals surface area contributed by atoms with Gasteiger partial charge in [0.2, 0.25) is 5.91 Å². The van der Waals surface area contributed by atoms with Crippen LogP contribution < -0.4 is 10.2 Å². The van der Waals surface area contributed by atoms with E-state index in [0.717, 1.165) is 41.9 Å². The van der Waals surface area contributed by atoms with E-state index in [2.05, 4.69) is 15.2 Å². The van der Waals surface area contributed by atoms with Gasteiger partial charge >= 0.3 is 0 Å². The molecule has 2 aliphatic rings. The quantitative estimate of drug-likeness (QED) is 0.905. The molecule has 0 bridgehead atoms. The number of aromatic nitrogens is 1. The highest BCUT2D eigenvalue weighted by Crippen LogP contribution is 2.43. The summed E-state index contributed by atoms with van der Waals surface area (Å²) in [7, 11) is 0. The minimum Gasteiger partial charge on any atom is -0.378 e. The molecule has 7 heteroatoms. The lowest BCUT2D eigenvalue weighted by molar-refractivity contribution is -0.116. The van der Waals surface area contributed by atoms with Gasteiger partial charge in [-0.1, -0.05) is 35.1 Å². The van der Waals surface area contributed by atoms with Gasteiger partial charge < -0.3 is 15.0 Å². The number of carbonyl (C=O) groups is 1. The molecule has 3 heterocycles. The monoisotopic (exact) mass is 349 g/mol. The molecule has 1 N–H and O–H groups in total. The molecule has 2 aromatic rings. The molecule has 1 unspecified atom stereocenters. The number of carbonyl (C=O) groups excluding carboxylic acids is 1. The van der Waals surface area contributed by atoms with Crippen molar-refractivity contribution >= 4 is 39.8 Å². The largest absolute Gasteiger partial charge is 0.378 e. The Kier molecular flexibility index (Phi) is 3.97. The van der Waals surface area contributed by atoms with E-state index in [0.29, 0.717) is 17.3 Å². The number of nitrogens with one attached hydrogen (secondary N) is 1. The van der Waals surface area contributed by atoms with E-state index in [4.69, 9.17) is 16.3 Å². The fraction of sp³-hybridized carbons (Fsp3) is 0.375. The Bertz CT molecular complexity index is 725. The maximum Gasteiger partial charge on any atom is 0.226 e. The first kappa shape index (κ1) is 14.9. The Morgan fingerprint density at radius 2 is 2.00 bits per heavy atom. The van der Waals surface area contributed by atoms with E-state index in [-0.39, 0.29) is 11.8 Å². The van der Waals surface area contributed by atoms with Gasteiger partial charge in [0, 0.05) is 30.5 Å². The predicted molar refractivity (Wildman–Crippen MR) is 91.7 cm³/mol. The fourth-order valence-electron chi connectivity index (χ4n) is 2.96. The topological polar surface area (TPSA) is 54.5 Å². The van der Waals surface area contributed by atoms with Crippen molar-refractivity contribution < 1.29 is 9.53 Å². The van der Waals surface area contributed by atoms with Gasteiger partial charge in [-0.2, -0.15) is 0 Å². The van der Waals surface area contributed by atoms with Crippen LogP contribution in [-0.2, 0) is 9.53 Å². The number of amides is 1. The van der Waals surface area contributed by atoms with E-state index in [1.807, 2.05) is 24.3 Å². The van der Waals surface area contributed by atoms with Crippen molar-refractivity contribution in [3.8, 4) is 0 Å². The molecule has 23 heavy (non-hydrogen) atoms. The molecule has 0 aliphatic carbocycles. The Morgan fingerprint density at radius 1 is 1.26 bits per heavy atom. The van der Waals surface area contributed by atoms with Crippen LogP contribution in [0.3, 0.4) is 0 Å². The Morgan fingerprint density at radius 3 is 2.74 bits per heavy atom. The van der Waals surface area contributed by atoms with Crippen molar-refractivity contribution in [1.29, 1.82) is 0 Å². The van der Waals surface area contributed by atoms with Crippen LogP contribution in [0.2, 0.25) is 5.02 Å². The first-order valence-electron chi connectivity index (χ1n) is 7.59. The molecule has 0 radical (unpaired) electrons. The fourth-order valence-corrected chi connectivity index (χ4v) is 4.29. The maximum absolute atomic E-state index is 12.1. The molecule has 5 nitrogen and oxygen atoms in total. The second-order valence-electron chi connectivity index (χ2n) is 5.67. The molecule has 1 atom stereocenters. The zero-order valence-corrected chi connectivity index (χ0v) is 14.0. The van der Waals surface area contributed by atoms with Crippen LogP contribution in [0.5, 0.6) is 0 Å². The molecule has 0 spiro atoms. The average molecular weight is 350 g/mol. The zero-order valence-electron chi connectivity index (χ0n) is 12.4. The first-order chi connectivity index (χ1) is 11.2. The highest BCUT2D eigenvalue weighted by atomic mass is 35.5. The van der Waals surface area contributed by atoms with Gasteiger partial charge in [-0.25, -0.2) is 4.98 Å². The Balaban J connectivity index is 1.69. The number of nitrogens with zero attached hydrogens (tertiary/aromatic N) is 2. The Labute approximate surface area is 143 Å². The third kappa shape index (κ3) is 2.94. The molecule has 1 aromatic carbocycles. The van der Waals surface area contributed by atoms with Gasteiger partial charge in [0.1, 0.15) is 5.82 Å². The molecular weight excluding hydrogens is 334 g/mol. The second kappa shape index (κ2) is 6.11. The predicted octanol–water partition coefficient (Wildman–Crippen LogP) is 3.11. The van der Waals surface area contributed by atoms with E-state index in [9.17, 15) is 4.79 Å². The van der Waals surface area contributed by atoms with Crippen LogP contribution in [0.4, 0.5) is 10.9 Å². The number of halogens is 1. The van der Waals surface area contributed by atoms with Crippen molar-refractivity contribution in [2.45, 2.75) is 12.3 Å². The van der Waals surface area contributed by atoms with Gasteiger partial charge in [-0.3, -0.25) is 4.79 Å². The number of hydrogen-bond acceptors (Lipinski definition) is 5. The van der Waals surface area contributed by atoms with Crippen LogP contribution in [0.15, 0.2) is 24.3 Å². The molecule has 1 fully saturated rings. The first-order valence-corrected chi connectivity index (χ1v) is 8.79. The van der Waals surface area contributed by atoms with Gasteiger partial charge in [0.15, 0.2) is 5.13 Å². The highest BCUT2D eigenvalue weighted by molar-refractivity contribution is 7.16. The molecule has 0 saturated carbocycles. The lowest BCUT2D eigenvalue weighted by Crippen LogP contribution is -2.36. The van der Waals surface area contributed by atoms with Crippen molar-refractivity contribution in [1.82, 2.24) is 4.98 Å². The van der Waals surface area contributed by atoms with Crippen molar-refractivity contribution in [2.24, 2.45) is 0 Å².